The van der Waals surface area contributed by atoms with Crippen molar-refractivity contribution in [2.45, 2.75) is 71.8 Å². The lowest BCUT2D eigenvalue weighted by Crippen LogP contribution is -2.62. The van der Waals surface area contributed by atoms with E-state index in [1.807, 2.05) is 32.6 Å². The molecule has 2 bridgehead atoms. The minimum atomic E-state index is -0.442. The molecule has 1 heterocycles. The highest BCUT2D eigenvalue weighted by molar-refractivity contribution is 5.70. The Morgan fingerprint density at radius 1 is 1.12 bits per heavy atom. The van der Waals surface area contributed by atoms with Crippen molar-refractivity contribution >= 4 is 12.1 Å². The fourth-order valence-electron chi connectivity index (χ4n) is 5.43. The van der Waals surface area contributed by atoms with Gasteiger partial charge in [-0.3, -0.25) is 4.79 Å². The van der Waals surface area contributed by atoms with Crippen LogP contribution in [0.25, 0.3) is 0 Å². The predicted octanol–water partition coefficient (Wildman–Crippen LogP) is 4.00. The molecule has 25 heavy (non-hydrogen) atoms. The average molecular weight is 351 g/mol. The van der Waals surface area contributed by atoms with Crippen molar-refractivity contribution < 1.29 is 19.1 Å². The summed E-state index contributed by atoms with van der Waals surface area (Å²) in [6, 6.07) is 0. The molecular weight excluding hydrogens is 318 g/mol. The topological polar surface area (TPSA) is 55.8 Å². The molecule has 2 unspecified atom stereocenters. The highest BCUT2D eigenvalue weighted by atomic mass is 16.6. The van der Waals surface area contributed by atoms with Crippen molar-refractivity contribution in [3.05, 3.63) is 0 Å². The fourth-order valence-corrected chi connectivity index (χ4v) is 5.43. The largest absolute Gasteiger partial charge is 0.466 e. The number of carbonyl (C=O) groups is 2. The van der Waals surface area contributed by atoms with E-state index >= 15 is 0 Å². The number of nitrogens with zero attached hydrogens (tertiary/aromatic N) is 1. The fraction of sp³-hybridized carbons (Fsp3) is 0.900. The Morgan fingerprint density at radius 3 is 2.24 bits per heavy atom. The second-order valence-corrected chi connectivity index (χ2v) is 9.23. The van der Waals surface area contributed by atoms with Crippen molar-refractivity contribution in [1.82, 2.24) is 4.90 Å². The quantitative estimate of drug-likeness (QED) is 0.721. The third-order valence-corrected chi connectivity index (χ3v) is 6.36. The molecule has 1 saturated heterocycles. The van der Waals surface area contributed by atoms with Crippen molar-refractivity contribution in [3.63, 3.8) is 0 Å². The van der Waals surface area contributed by atoms with E-state index in [1.165, 1.54) is 19.3 Å². The van der Waals surface area contributed by atoms with Gasteiger partial charge in [0, 0.05) is 19.5 Å². The zero-order valence-corrected chi connectivity index (χ0v) is 16.2. The molecule has 2 aliphatic carbocycles. The van der Waals surface area contributed by atoms with E-state index in [0.717, 1.165) is 25.9 Å². The smallest absolute Gasteiger partial charge is 0.410 e. The first kappa shape index (κ1) is 18.5. The zero-order chi connectivity index (χ0) is 18.2. The Morgan fingerprint density at radius 2 is 1.72 bits per heavy atom. The van der Waals surface area contributed by atoms with Gasteiger partial charge in [0.1, 0.15) is 5.60 Å². The summed E-state index contributed by atoms with van der Waals surface area (Å²) in [5, 5.41) is 0. The lowest BCUT2D eigenvalue weighted by molar-refractivity contribution is -0.157. The van der Waals surface area contributed by atoms with Crippen LogP contribution in [0.3, 0.4) is 0 Å². The summed E-state index contributed by atoms with van der Waals surface area (Å²) in [6.07, 6.45) is 6.31. The van der Waals surface area contributed by atoms with Crippen molar-refractivity contribution in [1.29, 1.82) is 0 Å². The first-order valence-electron chi connectivity index (χ1n) is 9.87. The number of hydrogen-bond donors (Lipinski definition) is 0. The molecule has 1 amide bonds. The maximum Gasteiger partial charge on any atom is 0.410 e. The van der Waals surface area contributed by atoms with Gasteiger partial charge in [0.25, 0.3) is 0 Å². The molecule has 1 spiro atoms. The number of carbonyl (C=O) groups excluding carboxylic acids is 2. The van der Waals surface area contributed by atoms with Crippen LogP contribution in [0.15, 0.2) is 0 Å². The first-order valence-corrected chi connectivity index (χ1v) is 9.87. The summed E-state index contributed by atoms with van der Waals surface area (Å²) in [5.74, 6) is 1.53. The molecule has 5 heteroatoms. The molecule has 5 nitrogen and oxygen atoms in total. The molecule has 3 rings (SSSR count). The molecule has 0 aromatic carbocycles. The average Bonchev–Trinajstić information content (AvgIpc) is 2.43. The standard InChI is InChI=1S/C20H33NO4/c1-5-24-17(22)9-14-10-20(11-14)15-7-6-8-16(20)13-21(12-15)18(23)25-19(2,3)4/h14-16H,5-13H2,1-4H3. The second kappa shape index (κ2) is 6.81. The number of rotatable bonds is 3. The summed E-state index contributed by atoms with van der Waals surface area (Å²) < 4.78 is 10.7. The van der Waals surface area contributed by atoms with Gasteiger partial charge in [-0.05, 0) is 76.5 Å². The molecule has 0 N–H and O–H groups in total. The summed E-state index contributed by atoms with van der Waals surface area (Å²) in [7, 11) is 0. The third-order valence-electron chi connectivity index (χ3n) is 6.36. The van der Waals surface area contributed by atoms with Gasteiger partial charge in [0.05, 0.1) is 6.61 Å². The first-order chi connectivity index (χ1) is 11.7. The van der Waals surface area contributed by atoms with Crippen LogP contribution in [0.4, 0.5) is 4.79 Å². The van der Waals surface area contributed by atoms with Crippen molar-refractivity contribution in [2.75, 3.05) is 19.7 Å². The van der Waals surface area contributed by atoms with Gasteiger partial charge in [-0.1, -0.05) is 6.42 Å². The molecule has 2 saturated carbocycles. The number of ether oxygens (including phenoxy) is 2. The van der Waals surface area contributed by atoms with E-state index in [9.17, 15) is 9.59 Å². The highest BCUT2D eigenvalue weighted by Crippen LogP contribution is 2.63. The summed E-state index contributed by atoms with van der Waals surface area (Å²) >= 11 is 0. The van der Waals surface area contributed by atoms with E-state index in [2.05, 4.69) is 0 Å². The Kier molecular flexibility index (Phi) is 5.04. The molecule has 1 aliphatic heterocycles. The van der Waals surface area contributed by atoms with Crippen molar-refractivity contribution in [2.24, 2.45) is 23.2 Å². The molecular formula is C20H33NO4. The van der Waals surface area contributed by atoms with E-state index in [4.69, 9.17) is 9.47 Å². The van der Waals surface area contributed by atoms with Gasteiger partial charge in [0.15, 0.2) is 0 Å². The van der Waals surface area contributed by atoms with Gasteiger partial charge in [-0.25, -0.2) is 4.79 Å². The monoisotopic (exact) mass is 351 g/mol. The van der Waals surface area contributed by atoms with E-state index in [-0.39, 0.29) is 12.1 Å². The Hall–Kier alpha value is -1.26. The minimum Gasteiger partial charge on any atom is -0.466 e. The molecule has 142 valence electrons. The van der Waals surface area contributed by atoms with Crippen molar-refractivity contribution in [3.8, 4) is 0 Å². The van der Waals surface area contributed by atoms with Crippen LogP contribution in [0.2, 0.25) is 0 Å². The third kappa shape index (κ3) is 3.80. The minimum absolute atomic E-state index is 0.0568. The molecule has 0 aromatic heterocycles. The molecule has 0 aromatic rings. The van der Waals surface area contributed by atoms with Crippen LogP contribution in [-0.2, 0) is 14.3 Å². The summed E-state index contributed by atoms with van der Waals surface area (Å²) in [4.78, 5) is 26.2. The van der Waals surface area contributed by atoms with Crippen LogP contribution >= 0.6 is 0 Å². The Bertz CT molecular complexity index is 502. The second-order valence-electron chi connectivity index (χ2n) is 9.23. The summed E-state index contributed by atoms with van der Waals surface area (Å²) in [6.45, 7) is 9.72. The van der Waals surface area contributed by atoms with E-state index < -0.39 is 5.60 Å². The maximum atomic E-state index is 12.5. The molecule has 3 fully saturated rings. The Labute approximate surface area is 151 Å². The predicted molar refractivity (Wildman–Crippen MR) is 95.0 cm³/mol. The SMILES string of the molecule is CCOC(=O)CC1CC2(C1)C1CCCC2CN(C(=O)OC(C)(C)C)C1. The number of esters is 1. The van der Waals surface area contributed by atoms with Crippen LogP contribution in [0.1, 0.15) is 66.2 Å². The normalized spacial score (nSPS) is 34.4. The van der Waals surface area contributed by atoms with Gasteiger partial charge in [-0.2, -0.15) is 0 Å². The van der Waals surface area contributed by atoms with Crippen LogP contribution in [-0.4, -0.2) is 42.3 Å². The number of piperidine rings is 1. The van der Waals surface area contributed by atoms with Gasteiger partial charge in [0.2, 0.25) is 0 Å². The van der Waals surface area contributed by atoms with Crippen LogP contribution in [0.5, 0.6) is 0 Å². The molecule has 3 aliphatic rings. The molecule has 0 radical (unpaired) electrons. The van der Waals surface area contributed by atoms with Gasteiger partial charge in [-0.15, -0.1) is 0 Å². The van der Waals surface area contributed by atoms with Gasteiger partial charge < -0.3 is 14.4 Å². The lowest BCUT2D eigenvalue weighted by Gasteiger charge is -2.63. The van der Waals surface area contributed by atoms with Crippen LogP contribution < -0.4 is 0 Å². The Balaban J connectivity index is 1.60. The number of hydrogen-bond acceptors (Lipinski definition) is 4. The van der Waals surface area contributed by atoms with Crippen LogP contribution in [0, 0.1) is 23.2 Å². The van der Waals surface area contributed by atoms with Gasteiger partial charge >= 0.3 is 12.1 Å². The summed E-state index contributed by atoms with van der Waals surface area (Å²) in [5.41, 5.74) is -0.0868. The molecule has 2 atom stereocenters. The zero-order valence-electron chi connectivity index (χ0n) is 16.2. The highest BCUT2D eigenvalue weighted by Gasteiger charge is 2.58. The lowest BCUT2D eigenvalue weighted by atomic mass is 9.45. The number of likely N-dealkylation sites (tertiary alicyclic amines) is 1. The maximum absolute atomic E-state index is 12.5. The number of amides is 1. The van der Waals surface area contributed by atoms with E-state index in [1.54, 1.807) is 0 Å². The van der Waals surface area contributed by atoms with E-state index in [0.29, 0.717) is 36.2 Å².